The summed E-state index contributed by atoms with van der Waals surface area (Å²) < 4.78 is 16.5. The van der Waals surface area contributed by atoms with Gasteiger partial charge < -0.3 is 19.9 Å². The lowest BCUT2D eigenvalue weighted by atomic mass is 10.2. The van der Waals surface area contributed by atoms with Crippen LogP contribution < -0.4 is 19.9 Å². The molecule has 2 aromatic rings. The van der Waals surface area contributed by atoms with Crippen molar-refractivity contribution in [3.8, 4) is 23.1 Å². The summed E-state index contributed by atoms with van der Waals surface area (Å²) in [6.45, 7) is 2.95. The average molecular weight is 247 g/mol. The molecule has 0 saturated heterocycles. The van der Waals surface area contributed by atoms with Crippen LogP contribution in [0, 0.1) is 6.92 Å². The molecule has 0 amide bonds. The van der Waals surface area contributed by atoms with Crippen LogP contribution in [-0.4, -0.2) is 23.4 Å². The number of nitrogens with one attached hydrogen (secondary N) is 1. The Labute approximate surface area is 104 Å². The Bertz CT molecular complexity index is 580. The number of hydrogen-bond donors (Lipinski definition) is 2. The van der Waals surface area contributed by atoms with Gasteiger partial charge in [-0.3, -0.25) is 5.10 Å². The molecule has 1 aromatic carbocycles. The van der Waals surface area contributed by atoms with Gasteiger partial charge in [0.1, 0.15) is 13.2 Å². The van der Waals surface area contributed by atoms with Gasteiger partial charge in [-0.15, -0.1) is 5.10 Å². The topological polar surface area (TPSA) is 82.4 Å². The van der Waals surface area contributed by atoms with E-state index in [1.54, 1.807) is 18.2 Å². The second-order valence-corrected chi connectivity index (χ2v) is 4.02. The van der Waals surface area contributed by atoms with Crippen molar-refractivity contribution in [1.82, 2.24) is 10.2 Å². The Balaban J connectivity index is 1.92. The second kappa shape index (κ2) is 4.14. The van der Waals surface area contributed by atoms with Crippen LogP contribution in [0.3, 0.4) is 0 Å². The van der Waals surface area contributed by atoms with E-state index in [4.69, 9.17) is 19.9 Å². The molecule has 0 bridgehead atoms. The third-order valence-corrected chi connectivity index (χ3v) is 2.57. The molecule has 6 nitrogen and oxygen atoms in total. The zero-order chi connectivity index (χ0) is 12.5. The van der Waals surface area contributed by atoms with Gasteiger partial charge in [-0.05, 0) is 6.92 Å². The smallest absolute Gasteiger partial charge is 0.238 e. The van der Waals surface area contributed by atoms with E-state index in [1.165, 1.54) is 0 Å². The highest BCUT2D eigenvalue weighted by Gasteiger charge is 2.16. The van der Waals surface area contributed by atoms with Gasteiger partial charge in [-0.25, -0.2) is 0 Å². The normalized spacial score (nSPS) is 13.4. The van der Waals surface area contributed by atoms with E-state index >= 15 is 0 Å². The number of nitrogens with zero attached hydrogens (tertiary/aromatic N) is 1. The van der Waals surface area contributed by atoms with Gasteiger partial charge >= 0.3 is 0 Å². The molecular weight excluding hydrogens is 234 g/mol. The first-order valence-corrected chi connectivity index (χ1v) is 5.61. The van der Waals surface area contributed by atoms with Crippen molar-refractivity contribution < 1.29 is 14.2 Å². The molecule has 0 saturated carbocycles. The zero-order valence-electron chi connectivity index (χ0n) is 9.90. The minimum Gasteiger partial charge on any atom is -0.486 e. The van der Waals surface area contributed by atoms with Crippen LogP contribution in [0.15, 0.2) is 18.2 Å². The molecule has 2 heterocycles. The van der Waals surface area contributed by atoms with E-state index in [-0.39, 0.29) is 0 Å². The largest absolute Gasteiger partial charge is 0.486 e. The minimum atomic E-state index is 0.468. The SMILES string of the molecule is Cc1cc(Oc2cc3c(cc2N)OCCO3)n[nH]1. The summed E-state index contributed by atoms with van der Waals surface area (Å²) in [5.41, 5.74) is 7.30. The molecule has 0 fully saturated rings. The Hall–Kier alpha value is -2.37. The third-order valence-electron chi connectivity index (χ3n) is 2.57. The highest BCUT2D eigenvalue weighted by Crippen LogP contribution is 2.39. The fourth-order valence-corrected chi connectivity index (χ4v) is 1.73. The Morgan fingerprint density at radius 1 is 1.22 bits per heavy atom. The molecular formula is C12H13N3O3. The summed E-state index contributed by atoms with van der Waals surface area (Å²) in [5, 5.41) is 6.79. The van der Waals surface area contributed by atoms with Gasteiger partial charge in [0.05, 0.1) is 5.69 Å². The number of fused-ring (bicyclic) bond motifs is 1. The van der Waals surface area contributed by atoms with Crippen molar-refractivity contribution in [2.45, 2.75) is 6.92 Å². The highest BCUT2D eigenvalue weighted by atomic mass is 16.6. The lowest BCUT2D eigenvalue weighted by Crippen LogP contribution is -2.15. The predicted octanol–water partition coefficient (Wildman–Crippen LogP) is 1.86. The first kappa shape index (κ1) is 10.8. The van der Waals surface area contributed by atoms with E-state index in [0.717, 1.165) is 5.69 Å². The van der Waals surface area contributed by atoms with Crippen LogP contribution in [-0.2, 0) is 0 Å². The number of rotatable bonds is 2. The van der Waals surface area contributed by atoms with E-state index in [2.05, 4.69) is 10.2 Å². The maximum Gasteiger partial charge on any atom is 0.238 e. The molecule has 3 rings (SSSR count). The molecule has 1 aromatic heterocycles. The second-order valence-electron chi connectivity index (χ2n) is 4.02. The number of nitrogens with two attached hydrogens (primary N) is 1. The summed E-state index contributed by atoms with van der Waals surface area (Å²) in [4.78, 5) is 0. The summed E-state index contributed by atoms with van der Waals surface area (Å²) in [6.07, 6.45) is 0. The van der Waals surface area contributed by atoms with Crippen molar-refractivity contribution in [2.24, 2.45) is 0 Å². The van der Waals surface area contributed by atoms with Crippen molar-refractivity contribution in [1.29, 1.82) is 0 Å². The fourth-order valence-electron chi connectivity index (χ4n) is 1.73. The number of hydrogen-bond acceptors (Lipinski definition) is 5. The van der Waals surface area contributed by atoms with Crippen LogP contribution in [0.5, 0.6) is 23.1 Å². The fraction of sp³-hybridized carbons (Fsp3) is 0.250. The average Bonchev–Trinajstić information content (AvgIpc) is 2.76. The molecule has 6 heteroatoms. The third kappa shape index (κ3) is 1.92. The summed E-state index contributed by atoms with van der Waals surface area (Å²) in [6, 6.07) is 5.20. The van der Waals surface area contributed by atoms with Crippen molar-refractivity contribution in [3.63, 3.8) is 0 Å². The molecule has 3 N–H and O–H groups in total. The molecule has 0 atom stereocenters. The van der Waals surface area contributed by atoms with Crippen LogP contribution in [0.4, 0.5) is 5.69 Å². The molecule has 0 spiro atoms. The molecule has 18 heavy (non-hydrogen) atoms. The van der Waals surface area contributed by atoms with Crippen molar-refractivity contribution >= 4 is 5.69 Å². The molecule has 0 radical (unpaired) electrons. The van der Waals surface area contributed by atoms with Gasteiger partial charge in [-0.2, -0.15) is 0 Å². The predicted molar refractivity (Wildman–Crippen MR) is 65.2 cm³/mol. The van der Waals surface area contributed by atoms with Gasteiger partial charge in [0.2, 0.25) is 5.88 Å². The van der Waals surface area contributed by atoms with Gasteiger partial charge in [0, 0.05) is 23.9 Å². The monoisotopic (exact) mass is 247 g/mol. The quantitative estimate of drug-likeness (QED) is 0.791. The number of ether oxygens (including phenoxy) is 3. The maximum atomic E-state index is 5.90. The Morgan fingerprint density at radius 2 is 1.94 bits per heavy atom. The molecule has 1 aliphatic heterocycles. The first-order chi connectivity index (χ1) is 8.72. The van der Waals surface area contributed by atoms with Crippen LogP contribution in [0.1, 0.15) is 5.69 Å². The van der Waals surface area contributed by atoms with E-state index in [1.807, 2.05) is 6.92 Å². The molecule has 0 unspecified atom stereocenters. The van der Waals surface area contributed by atoms with Gasteiger partial charge in [-0.1, -0.05) is 0 Å². The Morgan fingerprint density at radius 3 is 2.61 bits per heavy atom. The van der Waals surface area contributed by atoms with Gasteiger partial charge in [0.25, 0.3) is 0 Å². The van der Waals surface area contributed by atoms with Crippen molar-refractivity contribution in [2.75, 3.05) is 18.9 Å². The van der Waals surface area contributed by atoms with E-state index < -0.39 is 0 Å². The Kier molecular flexibility index (Phi) is 2.47. The molecule has 94 valence electrons. The standard InChI is InChI=1S/C12H13N3O3/c1-7-4-12(15-14-7)18-9-6-11-10(5-8(9)13)16-2-3-17-11/h4-6H,2-3,13H2,1H3,(H,14,15). The van der Waals surface area contributed by atoms with Gasteiger partial charge in [0.15, 0.2) is 17.2 Å². The summed E-state index contributed by atoms with van der Waals surface area (Å²) in [7, 11) is 0. The lowest BCUT2D eigenvalue weighted by molar-refractivity contribution is 0.171. The maximum absolute atomic E-state index is 5.90. The van der Waals surface area contributed by atoms with E-state index in [9.17, 15) is 0 Å². The minimum absolute atomic E-state index is 0.468. The number of aromatic amines is 1. The number of aromatic nitrogens is 2. The van der Waals surface area contributed by atoms with Crippen molar-refractivity contribution in [3.05, 3.63) is 23.9 Å². The molecule has 0 aliphatic carbocycles. The number of anilines is 1. The number of nitrogen functional groups attached to an aromatic ring is 1. The lowest BCUT2D eigenvalue weighted by Gasteiger charge is -2.19. The number of aryl methyl sites for hydroxylation is 1. The van der Waals surface area contributed by atoms with Crippen LogP contribution >= 0.6 is 0 Å². The summed E-state index contributed by atoms with van der Waals surface area (Å²) in [5.74, 6) is 2.25. The highest BCUT2D eigenvalue weighted by molar-refractivity contribution is 5.62. The van der Waals surface area contributed by atoms with E-state index in [0.29, 0.717) is 42.0 Å². The summed E-state index contributed by atoms with van der Waals surface area (Å²) >= 11 is 0. The molecule has 1 aliphatic rings. The zero-order valence-corrected chi connectivity index (χ0v) is 9.90. The number of H-pyrrole nitrogens is 1. The van der Waals surface area contributed by atoms with Crippen LogP contribution in [0.25, 0.3) is 0 Å². The first-order valence-electron chi connectivity index (χ1n) is 5.61. The number of benzene rings is 1. The van der Waals surface area contributed by atoms with Crippen LogP contribution in [0.2, 0.25) is 0 Å².